The van der Waals surface area contributed by atoms with Crippen molar-refractivity contribution in [2.24, 2.45) is 5.92 Å². The molecule has 1 aliphatic heterocycles. The number of ether oxygens (including phenoxy) is 1. The predicted molar refractivity (Wildman–Crippen MR) is 68.7 cm³/mol. The zero-order valence-electron chi connectivity index (χ0n) is 11.3. The van der Waals surface area contributed by atoms with Gasteiger partial charge in [0.15, 0.2) is 5.76 Å². The lowest BCUT2D eigenvalue weighted by molar-refractivity contribution is -0.149. The van der Waals surface area contributed by atoms with E-state index in [0.717, 1.165) is 18.4 Å². The molecule has 0 aliphatic carbocycles. The summed E-state index contributed by atoms with van der Waals surface area (Å²) in [6.45, 7) is 5.08. The van der Waals surface area contributed by atoms with E-state index in [-0.39, 0.29) is 17.8 Å². The van der Waals surface area contributed by atoms with Crippen LogP contribution >= 0.6 is 0 Å². The molecule has 2 heterocycles. The molecule has 5 heteroatoms. The molecule has 1 aliphatic rings. The molecule has 19 heavy (non-hydrogen) atoms. The topological polar surface area (TPSA) is 59.8 Å². The van der Waals surface area contributed by atoms with Crippen LogP contribution in [-0.4, -0.2) is 36.5 Å². The number of aryl methyl sites for hydroxylation is 1. The van der Waals surface area contributed by atoms with Gasteiger partial charge in [0.05, 0.1) is 18.8 Å². The molecule has 1 saturated heterocycles. The van der Waals surface area contributed by atoms with Crippen LogP contribution in [0.15, 0.2) is 16.7 Å². The minimum Gasteiger partial charge on any atom is -0.466 e. The quantitative estimate of drug-likeness (QED) is 0.784. The number of carbonyl (C=O) groups is 2. The smallest absolute Gasteiger partial charge is 0.310 e. The van der Waals surface area contributed by atoms with E-state index in [2.05, 4.69) is 0 Å². The first-order valence-corrected chi connectivity index (χ1v) is 6.63. The van der Waals surface area contributed by atoms with Gasteiger partial charge in [-0.15, -0.1) is 0 Å². The monoisotopic (exact) mass is 265 g/mol. The molecule has 1 aromatic heterocycles. The molecular formula is C14H19NO4. The minimum absolute atomic E-state index is 0.142. The molecule has 0 spiro atoms. The van der Waals surface area contributed by atoms with Crippen molar-refractivity contribution in [3.05, 3.63) is 23.7 Å². The van der Waals surface area contributed by atoms with E-state index in [4.69, 9.17) is 9.15 Å². The zero-order valence-corrected chi connectivity index (χ0v) is 11.3. The maximum atomic E-state index is 12.3. The van der Waals surface area contributed by atoms with E-state index in [0.29, 0.717) is 25.5 Å². The second kappa shape index (κ2) is 5.91. The maximum Gasteiger partial charge on any atom is 0.310 e. The SMILES string of the molecule is CCOC(=O)[C@H]1CCCN(C(=O)c2occc2C)C1. The standard InChI is InChI=1S/C14H19NO4/c1-3-18-14(17)11-5-4-7-15(9-11)13(16)12-10(2)6-8-19-12/h6,8,11H,3-5,7,9H2,1-2H3/t11-/m0/s1. The second-order valence-corrected chi connectivity index (χ2v) is 4.78. The van der Waals surface area contributed by atoms with E-state index < -0.39 is 0 Å². The largest absolute Gasteiger partial charge is 0.466 e. The molecular weight excluding hydrogens is 246 g/mol. The number of amides is 1. The Bertz CT molecular complexity index is 466. The van der Waals surface area contributed by atoms with Gasteiger partial charge < -0.3 is 14.1 Å². The molecule has 5 nitrogen and oxygen atoms in total. The van der Waals surface area contributed by atoms with Gasteiger partial charge in [-0.05, 0) is 32.8 Å². The van der Waals surface area contributed by atoms with E-state index in [1.54, 1.807) is 17.9 Å². The van der Waals surface area contributed by atoms with Crippen LogP contribution in [0.1, 0.15) is 35.9 Å². The summed E-state index contributed by atoms with van der Waals surface area (Å²) in [5.74, 6) is -0.204. The number of carbonyl (C=O) groups excluding carboxylic acids is 2. The number of nitrogens with zero attached hydrogens (tertiary/aromatic N) is 1. The molecule has 0 radical (unpaired) electrons. The third-order valence-corrected chi connectivity index (χ3v) is 3.38. The first-order chi connectivity index (χ1) is 9.13. The van der Waals surface area contributed by atoms with Crippen LogP contribution in [0.2, 0.25) is 0 Å². The molecule has 1 aromatic rings. The summed E-state index contributed by atoms with van der Waals surface area (Å²) in [4.78, 5) is 25.7. The van der Waals surface area contributed by atoms with Crippen LogP contribution in [0.25, 0.3) is 0 Å². The first-order valence-electron chi connectivity index (χ1n) is 6.63. The van der Waals surface area contributed by atoms with Crippen LogP contribution in [0.5, 0.6) is 0 Å². The number of hydrogen-bond donors (Lipinski definition) is 0. The molecule has 0 saturated carbocycles. The van der Waals surface area contributed by atoms with Crippen LogP contribution < -0.4 is 0 Å². The molecule has 0 unspecified atom stereocenters. The second-order valence-electron chi connectivity index (χ2n) is 4.78. The molecule has 1 atom stereocenters. The number of rotatable bonds is 3. The first kappa shape index (κ1) is 13.6. The summed E-state index contributed by atoms with van der Waals surface area (Å²) in [5.41, 5.74) is 0.822. The molecule has 0 bridgehead atoms. The summed E-state index contributed by atoms with van der Waals surface area (Å²) < 4.78 is 10.2. The normalized spacial score (nSPS) is 19.3. The van der Waals surface area contributed by atoms with Gasteiger partial charge in [0, 0.05) is 18.7 Å². The lowest BCUT2D eigenvalue weighted by atomic mass is 9.98. The molecule has 1 fully saturated rings. The highest BCUT2D eigenvalue weighted by Crippen LogP contribution is 2.21. The van der Waals surface area contributed by atoms with Crippen molar-refractivity contribution in [3.63, 3.8) is 0 Å². The Hall–Kier alpha value is -1.78. The highest BCUT2D eigenvalue weighted by atomic mass is 16.5. The molecule has 2 rings (SSSR count). The van der Waals surface area contributed by atoms with Crippen molar-refractivity contribution < 1.29 is 18.7 Å². The fraction of sp³-hybridized carbons (Fsp3) is 0.571. The van der Waals surface area contributed by atoms with Gasteiger partial charge in [-0.1, -0.05) is 0 Å². The van der Waals surface area contributed by atoms with E-state index in [9.17, 15) is 9.59 Å². The van der Waals surface area contributed by atoms with Gasteiger partial charge in [-0.2, -0.15) is 0 Å². The fourth-order valence-corrected chi connectivity index (χ4v) is 2.35. The number of likely N-dealkylation sites (tertiary alicyclic amines) is 1. The number of piperidine rings is 1. The summed E-state index contributed by atoms with van der Waals surface area (Å²) in [7, 11) is 0. The third kappa shape index (κ3) is 2.97. The van der Waals surface area contributed by atoms with E-state index in [1.807, 2.05) is 6.92 Å². The minimum atomic E-state index is -0.215. The molecule has 1 amide bonds. The molecule has 0 N–H and O–H groups in total. The lowest BCUT2D eigenvalue weighted by Gasteiger charge is -2.31. The van der Waals surface area contributed by atoms with Gasteiger partial charge >= 0.3 is 5.97 Å². The molecule has 104 valence electrons. The van der Waals surface area contributed by atoms with Gasteiger partial charge in [-0.25, -0.2) is 0 Å². The predicted octanol–water partition coefficient (Wildman–Crippen LogP) is 2.00. The summed E-state index contributed by atoms with van der Waals surface area (Å²) in [6.07, 6.45) is 3.10. The lowest BCUT2D eigenvalue weighted by Crippen LogP contribution is -2.42. The Kier molecular flexibility index (Phi) is 4.24. The van der Waals surface area contributed by atoms with Gasteiger partial charge in [0.1, 0.15) is 0 Å². The highest BCUT2D eigenvalue weighted by molar-refractivity contribution is 5.93. The zero-order chi connectivity index (χ0) is 13.8. The maximum absolute atomic E-state index is 12.3. The average molecular weight is 265 g/mol. The highest BCUT2D eigenvalue weighted by Gasteiger charge is 2.31. The van der Waals surface area contributed by atoms with Crippen LogP contribution in [-0.2, 0) is 9.53 Å². The van der Waals surface area contributed by atoms with Crippen LogP contribution in [0.3, 0.4) is 0 Å². The Morgan fingerprint density at radius 2 is 2.32 bits per heavy atom. The Morgan fingerprint density at radius 1 is 1.53 bits per heavy atom. The van der Waals surface area contributed by atoms with Gasteiger partial charge in [-0.3, -0.25) is 9.59 Å². The number of hydrogen-bond acceptors (Lipinski definition) is 4. The van der Waals surface area contributed by atoms with Crippen molar-refractivity contribution in [1.82, 2.24) is 4.90 Å². The van der Waals surface area contributed by atoms with Crippen molar-refractivity contribution in [2.75, 3.05) is 19.7 Å². The van der Waals surface area contributed by atoms with Crippen molar-refractivity contribution in [2.45, 2.75) is 26.7 Å². The van der Waals surface area contributed by atoms with E-state index in [1.165, 1.54) is 6.26 Å². The third-order valence-electron chi connectivity index (χ3n) is 3.38. The van der Waals surface area contributed by atoms with Crippen molar-refractivity contribution >= 4 is 11.9 Å². The van der Waals surface area contributed by atoms with Crippen molar-refractivity contribution in [3.8, 4) is 0 Å². The Morgan fingerprint density at radius 3 is 2.95 bits per heavy atom. The van der Waals surface area contributed by atoms with Gasteiger partial charge in [0.2, 0.25) is 0 Å². The summed E-state index contributed by atoms with van der Waals surface area (Å²) >= 11 is 0. The van der Waals surface area contributed by atoms with E-state index >= 15 is 0 Å². The Labute approximate surface area is 112 Å². The number of esters is 1. The fourth-order valence-electron chi connectivity index (χ4n) is 2.35. The van der Waals surface area contributed by atoms with Crippen LogP contribution in [0, 0.1) is 12.8 Å². The van der Waals surface area contributed by atoms with Crippen molar-refractivity contribution in [1.29, 1.82) is 0 Å². The van der Waals surface area contributed by atoms with Crippen LogP contribution in [0.4, 0.5) is 0 Å². The Balaban J connectivity index is 2.03. The summed E-state index contributed by atoms with van der Waals surface area (Å²) in [6, 6.07) is 1.76. The van der Waals surface area contributed by atoms with Gasteiger partial charge in [0.25, 0.3) is 5.91 Å². The summed E-state index contributed by atoms with van der Waals surface area (Å²) in [5, 5.41) is 0. The number of furan rings is 1. The average Bonchev–Trinajstić information content (AvgIpc) is 2.84. The molecule has 0 aromatic carbocycles.